The summed E-state index contributed by atoms with van der Waals surface area (Å²) in [6.07, 6.45) is 0.237. The first kappa shape index (κ1) is 17.2. The minimum Gasteiger partial charge on any atom is -0.310 e. The Morgan fingerprint density at radius 2 is 1.96 bits per heavy atom. The first-order chi connectivity index (χ1) is 12.6. The normalized spacial score (nSPS) is 12.8. The van der Waals surface area contributed by atoms with Gasteiger partial charge in [0.05, 0.1) is 17.8 Å². The van der Waals surface area contributed by atoms with Crippen LogP contribution in [0.4, 0.5) is 5.82 Å². The van der Waals surface area contributed by atoms with Crippen LogP contribution in [0.3, 0.4) is 0 Å². The molecule has 0 radical (unpaired) electrons. The Balaban J connectivity index is 1.67. The number of nitrogens with zero attached hydrogens (tertiary/aromatic N) is 2. The number of para-hydroxylation sites is 1. The first-order valence-corrected chi connectivity index (χ1v) is 9.94. The Hall–Kier alpha value is -2.24. The molecular formula is C20H18ClN3OS. The van der Waals surface area contributed by atoms with Crippen LogP contribution in [0.2, 0.25) is 5.02 Å². The molecule has 4 rings (SSSR count). The third-order valence-corrected chi connectivity index (χ3v) is 5.80. The SMILES string of the molecule is Cc1ccccc1-n1nc2c(c1NC(=O)Cc1ccccc1Cl)CSC2. The van der Waals surface area contributed by atoms with E-state index in [0.29, 0.717) is 5.02 Å². The number of nitrogens with one attached hydrogen (secondary N) is 1. The molecule has 0 atom stereocenters. The number of halogens is 1. The van der Waals surface area contributed by atoms with Gasteiger partial charge in [-0.2, -0.15) is 16.9 Å². The average molecular weight is 384 g/mol. The molecule has 1 amide bonds. The highest BCUT2D eigenvalue weighted by Crippen LogP contribution is 2.36. The Morgan fingerprint density at radius 3 is 2.77 bits per heavy atom. The highest BCUT2D eigenvalue weighted by molar-refractivity contribution is 7.98. The predicted molar refractivity (Wildman–Crippen MR) is 107 cm³/mol. The van der Waals surface area contributed by atoms with E-state index in [4.69, 9.17) is 16.7 Å². The van der Waals surface area contributed by atoms with E-state index in [0.717, 1.165) is 45.4 Å². The van der Waals surface area contributed by atoms with Crippen molar-refractivity contribution in [2.45, 2.75) is 24.9 Å². The maximum atomic E-state index is 12.7. The number of thioether (sulfide) groups is 1. The van der Waals surface area contributed by atoms with E-state index in [1.807, 2.05) is 65.8 Å². The lowest BCUT2D eigenvalue weighted by molar-refractivity contribution is -0.115. The first-order valence-electron chi connectivity index (χ1n) is 8.41. The molecule has 4 nitrogen and oxygen atoms in total. The number of rotatable bonds is 4. The van der Waals surface area contributed by atoms with Gasteiger partial charge in [0.2, 0.25) is 5.91 Å². The molecule has 0 spiro atoms. The number of amides is 1. The molecule has 6 heteroatoms. The largest absolute Gasteiger partial charge is 0.310 e. The maximum Gasteiger partial charge on any atom is 0.230 e. The van der Waals surface area contributed by atoms with E-state index >= 15 is 0 Å². The second kappa shape index (κ2) is 7.17. The van der Waals surface area contributed by atoms with Crippen LogP contribution >= 0.6 is 23.4 Å². The van der Waals surface area contributed by atoms with Gasteiger partial charge in [-0.15, -0.1) is 0 Å². The number of hydrogen-bond acceptors (Lipinski definition) is 3. The quantitative estimate of drug-likeness (QED) is 0.706. The van der Waals surface area contributed by atoms with Gasteiger partial charge >= 0.3 is 0 Å². The van der Waals surface area contributed by atoms with Crippen LogP contribution in [0.5, 0.6) is 0 Å². The smallest absolute Gasteiger partial charge is 0.230 e. The molecule has 0 unspecified atom stereocenters. The number of benzene rings is 2. The van der Waals surface area contributed by atoms with Crippen LogP contribution in [0.15, 0.2) is 48.5 Å². The van der Waals surface area contributed by atoms with E-state index < -0.39 is 0 Å². The molecule has 2 heterocycles. The monoisotopic (exact) mass is 383 g/mol. The summed E-state index contributed by atoms with van der Waals surface area (Å²) in [5, 5.41) is 8.44. The van der Waals surface area contributed by atoms with Crippen molar-refractivity contribution < 1.29 is 4.79 Å². The Kier molecular flexibility index (Phi) is 4.74. The summed E-state index contributed by atoms with van der Waals surface area (Å²) >= 11 is 8.01. The van der Waals surface area contributed by atoms with Crippen LogP contribution in [-0.4, -0.2) is 15.7 Å². The third kappa shape index (κ3) is 3.24. The number of anilines is 1. The van der Waals surface area contributed by atoms with Crippen LogP contribution in [0.1, 0.15) is 22.4 Å². The summed E-state index contributed by atoms with van der Waals surface area (Å²) in [5.74, 6) is 2.42. The van der Waals surface area contributed by atoms with Crippen LogP contribution < -0.4 is 5.32 Å². The van der Waals surface area contributed by atoms with E-state index in [1.165, 1.54) is 0 Å². The van der Waals surface area contributed by atoms with Gasteiger partial charge in [0.1, 0.15) is 5.82 Å². The van der Waals surface area contributed by atoms with E-state index in [1.54, 1.807) is 6.07 Å². The molecule has 0 saturated carbocycles. The topological polar surface area (TPSA) is 46.9 Å². The fraction of sp³-hybridized carbons (Fsp3) is 0.200. The Bertz CT molecular complexity index is 983. The van der Waals surface area contributed by atoms with Crippen molar-refractivity contribution in [3.63, 3.8) is 0 Å². The number of carbonyl (C=O) groups is 1. The fourth-order valence-corrected chi connectivity index (χ4v) is 4.35. The van der Waals surface area contributed by atoms with Gasteiger partial charge in [-0.25, -0.2) is 4.68 Å². The molecule has 132 valence electrons. The van der Waals surface area contributed by atoms with Crippen molar-refractivity contribution in [2.24, 2.45) is 0 Å². The molecule has 1 aliphatic heterocycles. The van der Waals surface area contributed by atoms with Gasteiger partial charge in [0.15, 0.2) is 0 Å². The molecule has 3 aromatic rings. The lowest BCUT2D eigenvalue weighted by atomic mass is 10.1. The number of carbonyl (C=O) groups excluding carboxylic acids is 1. The van der Waals surface area contributed by atoms with Crippen molar-refractivity contribution in [1.29, 1.82) is 0 Å². The molecule has 0 saturated heterocycles. The average Bonchev–Trinajstić information content (AvgIpc) is 3.20. The summed E-state index contributed by atoms with van der Waals surface area (Å²) in [6, 6.07) is 15.5. The summed E-state index contributed by atoms with van der Waals surface area (Å²) < 4.78 is 1.87. The van der Waals surface area contributed by atoms with Crippen LogP contribution in [0, 0.1) is 6.92 Å². The molecular weight excluding hydrogens is 366 g/mol. The molecule has 26 heavy (non-hydrogen) atoms. The van der Waals surface area contributed by atoms with Gasteiger partial charge in [-0.05, 0) is 30.2 Å². The maximum absolute atomic E-state index is 12.7. The molecule has 0 bridgehead atoms. The summed E-state index contributed by atoms with van der Waals surface area (Å²) in [4.78, 5) is 12.7. The number of aromatic nitrogens is 2. The Labute approximate surface area is 161 Å². The molecule has 2 aromatic carbocycles. The standard InChI is InChI=1S/C20H18ClN3OS/c1-13-6-2-5-9-18(13)24-20(15-11-26-12-17(15)23-24)22-19(25)10-14-7-3-4-8-16(14)21/h2-9H,10-12H2,1H3,(H,22,25). The molecule has 1 aliphatic rings. The zero-order valence-corrected chi connectivity index (χ0v) is 15.9. The number of aryl methyl sites for hydroxylation is 1. The van der Waals surface area contributed by atoms with Gasteiger partial charge < -0.3 is 5.32 Å². The van der Waals surface area contributed by atoms with E-state index in [2.05, 4.69) is 5.32 Å². The number of hydrogen-bond donors (Lipinski definition) is 1. The zero-order valence-electron chi connectivity index (χ0n) is 14.3. The molecule has 1 aromatic heterocycles. The summed E-state index contributed by atoms with van der Waals surface area (Å²) in [6.45, 7) is 2.05. The summed E-state index contributed by atoms with van der Waals surface area (Å²) in [7, 11) is 0. The minimum atomic E-state index is -0.0902. The second-order valence-corrected chi connectivity index (χ2v) is 7.67. The zero-order chi connectivity index (χ0) is 18.1. The highest BCUT2D eigenvalue weighted by Gasteiger charge is 2.25. The molecule has 0 aliphatic carbocycles. The van der Waals surface area contributed by atoms with E-state index in [9.17, 15) is 4.79 Å². The van der Waals surface area contributed by atoms with Crippen LogP contribution in [-0.2, 0) is 22.7 Å². The van der Waals surface area contributed by atoms with Gasteiger partial charge in [0.25, 0.3) is 0 Å². The van der Waals surface area contributed by atoms with E-state index in [-0.39, 0.29) is 12.3 Å². The van der Waals surface area contributed by atoms with Gasteiger partial charge in [0, 0.05) is 22.1 Å². The van der Waals surface area contributed by atoms with Crippen LogP contribution in [0.25, 0.3) is 5.69 Å². The highest BCUT2D eigenvalue weighted by atomic mass is 35.5. The second-order valence-electron chi connectivity index (χ2n) is 6.28. The lowest BCUT2D eigenvalue weighted by Crippen LogP contribution is -2.18. The fourth-order valence-electron chi connectivity index (χ4n) is 3.11. The van der Waals surface area contributed by atoms with Crippen molar-refractivity contribution >= 4 is 35.1 Å². The molecule has 1 N–H and O–H groups in total. The lowest BCUT2D eigenvalue weighted by Gasteiger charge is -2.13. The van der Waals surface area contributed by atoms with Crippen molar-refractivity contribution in [2.75, 3.05) is 5.32 Å². The van der Waals surface area contributed by atoms with Crippen molar-refractivity contribution in [3.8, 4) is 5.69 Å². The van der Waals surface area contributed by atoms with Crippen molar-refractivity contribution in [1.82, 2.24) is 9.78 Å². The summed E-state index contributed by atoms with van der Waals surface area (Å²) in [5.41, 5.74) is 5.08. The van der Waals surface area contributed by atoms with Gasteiger partial charge in [-0.1, -0.05) is 48.0 Å². The number of fused-ring (bicyclic) bond motifs is 1. The van der Waals surface area contributed by atoms with Crippen molar-refractivity contribution in [3.05, 3.63) is 75.9 Å². The Morgan fingerprint density at radius 1 is 1.19 bits per heavy atom. The molecule has 0 fully saturated rings. The minimum absolute atomic E-state index is 0.0902. The predicted octanol–water partition coefficient (Wildman–Crippen LogP) is 4.76. The van der Waals surface area contributed by atoms with Gasteiger partial charge in [-0.3, -0.25) is 4.79 Å². The third-order valence-electron chi connectivity index (χ3n) is 4.46.